The van der Waals surface area contributed by atoms with E-state index in [0.717, 1.165) is 28.5 Å². The average Bonchev–Trinajstić information content (AvgIpc) is 2.99. The number of esters is 1. The summed E-state index contributed by atoms with van der Waals surface area (Å²) in [6.45, 7) is 5.23. The summed E-state index contributed by atoms with van der Waals surface area (Å²) in [6.07, 6.45) is 7.03. The molecule has 0 aliphatic rings. The Kier molecular flexibility index (Phi) is 15.2. The topological polar surface area (TPSA) is 105 Å². The van der Waals surface area contributed by atoms with Gasteiger partial charge in [0.1, 0.15) is 17.9 Å². The molecular formula is C32H45N3O5S. The molecule has 0 saturated heterocycles. The lowest BCUT2D eigenvalue weighted by Gasteiger charge is -2.32. The van der Waals surface area contributed by atoms with Gasteiger partial charge in [-0.15, -0.1) is 0 Å². The molecule has 0 spiro atoms. The molecule has 9 heteroatoms. The van der Waals surface area contributed by atoms with Crippen molar-refractivity contribution in [3.05, 3.63) is 60.2 Å². The number of amides is 2. The molecule has 0 bridgehead atoms. The molecule has 2 aromatic rings. The van der Waals surface area contributed by atoms with Crippen LogP contribution in [-0.2, 0) is 30.3 Å². The second-order valence-corrected chi connectivity index (χ2v) is 10.9. The van der Waals surface area contributed by atoms with Crippen molar-refractivity contribution in [1.82, 2.24) is 15.5 Å². The molecule has 0 aliphatic carbocycles. The van der Waals surface area contributed by atoms with E-state index in [0.29, 0.717) is 19.3 Å². The first-order valence-electron chi connectivity index (χ1n) is 14.4. The van der Waals surface area contributed by atoms with E-state index in [-0.39, 0.29) is 37.0 Å². The molecule has 3 atom stereocenters. The van der Waals surface area contributed by atoms with E-state index in [1.807, 2.05) is 61.7 Å². The third-order valence-electron chi connectivity index (χ3n) is 6.90. The van der Waals surface area contributed by atoms with Crippen molar-refractivity contribution in [2.45, 2.75) is 77.6 Å². The fourth-order valence-electron chi connectivity index (χ4n) is 4.42. The summed E-state index contributed by atoms with van der Waals surface area (Å²) in [4.78, 5) is 52.1. The van der Waals surface area contributed by atoms with Gasteiger partial charge in [-0.05, 0) is 47.3 Å². The Bertz CT molecular complexity index is 1180. The van der Waals surface area contributed by atoms with Gasteiger partial charge in [0.05, 0.1) is 12.7 Å². The van der Waals surface area contributed by atoms with Crippen LogP contribution in [0.1, 0.15) is 58.4 Å². The average molecular weight is 584 g/mol. The number of ketones is 1. The number of Topliss-reactive ketones (excluding diaryl/α,β-unsaturated/α-hetero) is 1. The quantitative estimate of drug-likeness (QED) is 0.114. The molecule has 41 heavy (non-hydrogen) atoms. The molecule has 2 N–H and O–H groups in total. The van der Waals surface area contributed by atoms with E-state index in [2.05, 4.69) is 10.6 Å². The van der Waals surface area contributed by atoms with Gasteiger partial charge in [0.2, 0.25) is 11.8 Å². The molecule has 0 heterocycles. The lowest BCUT2D eigenvalue weighted by molar-refractivity contribution is -0.148. The van der Waals surface area contributed by atoms with Crippen molar-refractivity contribution < 1.29 is 23.9 Å². The Hall–Kier alpha value is -3.17. The fourth-order valence-corrected chi connectivity index (χ4v) is 4.79. The summed E-state index contributed by atoms with van der Waals surface area (Å²) in [7, 11) is 1.68. The zero-order chi connectivity index (χ0) is 30.2. The largest absolute Gasteiger partial charge is 0.457 e. The summed E-state index contributed by atoms with van der Waals surface area (Å²) >= 11 is 1.72. The van der Waals surface area contributed by atoms with Gasteiger partial charge in [0.25, 0.3) is 0 Å². The minimum atomic E-state index is -0.674. The predicted octanol–water partition coefficient (Wildman–Crippen LogP) is 4.65. The number of benzene rings is 2. The molecule has 0 saturated carbocycles. The van der Waals surface area contributed by atoms with Gasteiger partial charge < -0.3 is 15.0 Å². The van der Waals surface area contributed by atoms with Gasteiger partial charge in [-0.25, -0.2) is 0 Å². The molecule has 8 nitrogen and oxygen atoms in total. The number of rotatable bonds is 18. The first-order chi connectivity index (χ1) is 19.7. The highest BCUT2D eigenvalue weighted by Gasteiger charge is 2.28. The number of thioether (sulfide) groups is 1. The van der Waals surface area contributed by atoms with Crippen LogP contribution in [0.15, 0.2) is 54.6 Å². The Balaban J connectivity index is 2.24. The lowest BCUT2D eigenvalue weighted by Crippen LogP contribution is -2.55. The first-order valence-corrected chi connectivity index (χ1v) is 15.8. The zero-order valence-corrected chi connectivity index (χ0v) is 25.8. The number of allylic oxidation sites excluding steroid dienone is 1. The van der Waals surface area contributed by atoms with Crippen LogP contribution < -0.4 is 10.6 Å². The van der Waals surface area contributed by atoms with Crippen LogP contribution in [0.2, 0.25) is 0 Å². The van der Waals surface area contributed by atoms with Crippen molar-refractivity contribution in [3.63, 3.8) is 0 Å². The van der Waals surface area contributed by atoms with Crippen LogP contribution in [-0.4, -0.2) is 72.4 Å². The van der Waals surface area contributed by atoms with Crippen LogP contribution in [0.4, 0.5) is 0 Å². The van der Waals surface area contributed by atoms with Crippen molar-refractivity contribution in [2.24, 2.45) is 0 Å². The molecule has 0 radical (unpaired) electrons. The normalized spacial score (nSPS) is 13.5. The van der Waals surface area contributed by atoms with Crippen LogP contribution >= 0.6 is 11.8 Å². The van der Waals surface area contributed by atoms with E-state index in [1.54, 1.807) is 43.6 Å². The van der Waals surface area contributed by atoms with Crippen molar-refractivity contribution >= 4 is 46.1 Å². The maximum atomic E-state index is 13.5. The number of nitrogens with zero attached hydrogens (tertiary/aromatic N) is 1. The summed E-state index contributed by atoms with van der Waals surface area (Å²) in [5.41, 5.74) is 1.02. The Morgan fingerprint density at radius 2 is 1.76 bits per heavy atom. The third-order valence-corrected chi connectivity index (χ3v) is 7.54. The van der Waals surface area contributed by atoms with Crippen molar-refractivity contribution in [1.29, 1.82) is 0 Å². The van der Waals surface area contributed by atoms with Gasteiger partial charge in [-0.1, -0.05) is 69.3 Å². The summed E-state index contributed by atoms with van der Waals surface area (Å²) in [5, 5.41) is 8.15. The SMILES string of the molecule is CCC(=O)CC(/C=C/CCSC)OC(=O)CNC(Cc1cccc2ccccc12)N(C)C(=O)C(CC)NC(=O)CC. The van der Waals surface area contributed by atoms with Gasteiger partial charge >= 0.3 is 5.97 Å². The fraction of sp³-hybridized carbons (Fsp3) is 0.500. The lowest BCUT2D eigenvalue weighted by atomic mass is 10.0. The third kappa shape index (κ3) is 11.3. The smallest absolute Gasteiger partial charge is 0.320 e. The van der Waals surface area contributed by atoms with Gasteiger partial charge in [0, 0.05) is 32.7 Å². The molecule has 0 aliphatic heterocycles. The number of carbonyl (C=O) groups is 4. The maximum Gasteiger partial charge on any atom is 0.320 e. The molecular weight excluding hydrogens is 538 g/mol. The Labute approximate surface area is 248 Å². The van der Waals surface area contributed by atoms with Crippen molar-refractivity contribution in [2.75, 3.05) is 25.6 Å². The van der Waals surface area contributed by atoms with Crippen LogP contribution in [0, 0.1) is 0 Å². The van der Waals surface area contributed by atoms with Crippen LogP contribution in [0.3, 0.4) is 0 Å². The van der Waals surface area contributed by atoms with E-state index in [1.165, 1.54) is 0 Å². The summed E-state index contributed by atoms with van der Waals surface area (Å²) in [6, 6.07) is 13.4. The number of carbonyl (C=O) groups excluding carboxylic acids is 4. The highest BCUT2D eigenvalue weighted by molar-refractivity contribution is 7.98. The predicted molar refractivity (Wildman–Crippen MR) is 167 cm³/mol. The number of hydrogen-bond donors (Lipinski definition) is 2. The molecule has 2 amide bonds. The number of hydrogen-bond acceptors (Lipinski definition) is 7. The Morgan fingerprint density at radius 3 is 2.44 bits per heavy atom. The zero-order valence-electron chi connectivity index (χ0n) is 25.0. The molecule has 0 aromatic heterocycles. The maximum absolute atomic E-state index is 13.5. The van der Waals surface area contributed by atoms with Crippen LogP contribution in [0.25, 0.3) is 10.8 Å². The molecule has 224 valence electrons. The second-order valence-electron chi connectivity index (χ2n) is 9.90. The number of likely N-dealkylation sites (N-methyl/N-ethyl adjacent to an activating group) is 1. The minimum Gasteiger partial charge on any atom is -0.457 e. The van der Waals surface area contributed by atoms with Gasteiger partial charge in [0.15, 0.2) is 0 Å². The van der Waals surface area contributed by atoms with Crippen molar-refractivity contribution in [3.8, 4) is 0 Å². The molecule has 2 rings (SSSR count). The van der Waals surface area contributed by atoms with E-state index >= 15 is 0 Å². The molecule has 3 unspecified atom stereocenters. The van der Waals surface area contributed by atoms with E-state index in [9.17, 15) is 19.2 Å². The number of nitrogens with one attached hydrogen (secondary N) is 2. The highest BCUT2D eigenvalue weighted by Crippen LogP contribution is 2.21. The van der Waals surface area contributed by atoms with Crippen LogP contribution in [0.5, 0.6) is 0 Å². The molecule has 0 fully saturated rings. The highest BCUT2D eigenvalue weighted by atomic mass is 32.2. The van der Waals surface area contributed by atoms with Gasteiger partial charge in [-0.2, -0.15) is 11.8 Å². The Morgan fingerprint density at radius 1 is 1.02 bits per heavy atom. The van der Waals surface area contributed by atoms with E-state index in [4.69, 9.17) is 4.74 Å². The first kappa shape index (κ1) is 34.0. The minimum absolute atomic E-state index is 0.0178. The summed E-state index contributed by atoms with van der Waals surface area (Å²) < 4.78 is 5.67. The number of ether oxygens (including phenoxy) is 1. The van der Waals surface area contributed by atoms with E-state index < -0.39 is 24.3 Å². The second kappa shape index (κ2) is 18.3. The summed E-state index contributed by atoms with van der Waals surface area (Å²) in [5.74, 6) is 0.00364. The van der Waals surface area contributed by atoms with Gasteiger partial charge in [-0.3, -0.25) is 24.5 Å². The monoisotopic (exact) mass is 583 g/mol. The number of fused-ring (bicyclic) bond motifs is 1. The molecule has 2 aromatic carbocycles. The standard InChI is InChI=1S/C32H45N3O5S/c1-6-25(36)21-26(17-11-12-19-41-5)40-31(38)22-33-29(35(4)32(39)28(7-2)34-30(37)8-3)20-24-16-13-15-23-14-9-10-18-27(23)24/h9-11,13-18,26,28-29,33H,6-8,12,19-22H2,1-5H3,(H,34,37)/b17-11+.